The molecule has 10 heteroatoms. The number of aliphatic hydroxyl groups excluding tert-OH is 2. The number of aliphatic hydroxyl groups is 2. The van der Waals surface area contributed by atoms with Crippen LogP contribution in [-0.2, 0) is 9.47 Å². The summed E-state index contributed by atoms with van der Waals surface area (Å²) in [4.78, 5) is 32.2. The summed E-state index contributed by atoms with van der Waals surface area (Å²) in [5.41, 5.74) is 3.95. The molecule has 2 N–H and O–H groups in total. The summed E-state index contributed by atoms with van der Waals surface area (Å²) in [6.07, 6.45) is -4.26. The number of rotatable bonds is 6. The number of ether oxygens (including phenoxy) is 2. The van der Waals surface area contributed by atoms with Crippen LogP contribution >= 0.6 is 0 Å². The molecule has 216 valence electrons. The SMILES string of the molecule is CCN(CC)CCN1C(=O)c2c(c3c4ccccc4n4c3c3c2c2ccccc2n3C2OC(O)C(OC)C(O)C24)C1=O. The van der Waals surface area contributed by atoms with Gasteiger partial charge in [0.1, 0.15) is 18.2 Å². The molecule has 3 aliphatic heterocycles. The van der Waals surface area contributed by atoms with Gasteiger partial charge in [0.25, 0.3) is 11.8 Å². The Balaban J connectivity index is 1.52. The number of imide groups is 1. The fraction of sp³-hybridized carbons (Fsp3) is 0.375. The molecule has 5 aromatic rings. The Morgan fingerprint density at radius 2 is 1.40 bits per heavy atom. The van der Waals surface area contributed by atoms with Gasteiger partial charge in [0.2, 0.25) is 0 Å². The highest BCUT2D eigenvalue weighted by molar-refractivity contribution is 6.39. The first-order valence-electron chi connectivity index (χ1n) is 14.6. The minimum Gasteiger partial charge on any atom is -0.388 e. The van der Waals surface area contributed by atoms with Crippen molar-refractivity contribution in [2.75, 3.05) is 33.3 Å². The number of fused-ring (bicyclic) bond motifs is 12. The number of hydrogen-bond donors (Lipinski definition) is 2. The van der Waals surface area contributed by atoms with Gasteiger partial charge in [-0.25, -0.2) is 0 Å². The molecule has 2 amide bonds. The standard InChI is InChI=1S/C32H32N4O6/c1-4-33(5-2)14-15-34-29(38)22-20-16-10-6-8-12-18(16)35-24(20)25-21(23(22)30(34)39)17-11-7-9-13-19(17)36(25)31-26(35)27(37)28(41-3)32(40)42-31/h6-13,26-28,31-32,37,40H,4-5,14-15H2,1-3H3. The van der Waals surface area contributed by atoms with E-state index >= 15 is 0 Å². The first-order valence-corrected chi connectivity index (χ1v) is 14.6. The van der Waals surface area contributed by atoms with Gasteiger partial charge < -0.3 is 33.7 Å². The number of benzene rings is 3. The van der Waals surface area contributed by atoms with Crippen LogP contribution < -0.4 is 0 Å². The van der Waals surface area contributed by atoms with Gasteiger partial charge >= 0.3 is 0 Å². The van der Waals surface area contributed by atoms with Crippen LogP contribution in [0.25, 0.3) is 43.6 Å². The number of nitrogens with zero attached hydrogens (tertiary/aromatic N) is 4. The van der Waals surface area contributed by atoms with Crippen molar-refractivity contribution in [1.29, 1.82) is 0 Å². The quantitative estimate of drug-likeness (QED) is 0.301. The van der Waals surface area contributed by atoms with E-state index in [1.807, 2.05) is 57.7 Å². The molecule has 10 nitrogen and oxygen atoms in total. The second kappa shape index (κ2) is 9.10. The normalized spacial score (nSPS) is 25.2. The number of amides is 2. The van der Waals surface area contributed by atoms with Gasteiger partial charge in [-0.3, -0.25) is 14.5 Å². The molecule has 1 saturated heterocycles. The topological polar surface area (TPSA) is 109 Å². The molecule has 1 fully saturated rings. The van der Waals surface area contributed by atoms with E-state index in [0.29, 0.717) is 35.0 Å². The summed E-state index contributed by atoms with van der Waals surface area (Å²) in [7, 11) is 1.44. The molecule has 8 rings (SSSR count). The molecule has 5 heterocycles. The van der Waals surface area contributed by atoms with E-state index in [1.54, 1.807) is 0 Å². The first-order chi connectivity index (χ1) is 20.4. The van der Waals surface area contributed by atoms with Crippen molar-refractivity contribution < 1.29 is 29.3 Å². The van der Waals surface area contributed by atoms with Crippen molar-refractivity contribution in [2.24, 2.45) is 0 Å². The zero-order chi connectivity index (χ0) is 29.0. The zero-order valence-corrected chi connectivity index (χ0v) is 23.7. The number of hydrogen-bond acceptors (Lipinski definition) is 7. The highest BCUT2D eigenvalue weighted by atomic mass is 16.7. The number of para-hydroxylation sites is 2. The maximum atomic E-state index is 14.3. The van der Waals surface area contributed by atoms with Crippen LogP contribution in [0.5, 0.6) is 0 Å². The van der Waals surface area contributed by atoms with Gasteiger partial charge in [-0.2, -0.15) is 0 Å². The molecule has 42 heavy (non-hydrogen) atoms. The Hall–Kier alpha value is -3.80. The Morgan fingerprint density at radius 1 is 0.857 bits per heavy atom. The monoisotopic (exact) mass is 568 g/mol. The van der Waals surface area contributed by atoms with Crippen LogP contribution in [0, 0.1) is 0 Å². The molecular formula is C32H32N4O6. The van der Waals surface area contributed by atoms with Gasteiger partial charge in [0.15, 0.2) is 12.5 Å². The van der Waals surface area contributed by atoms with Crippen LogP contribution in [0.15, 0.2) is 48.5 Å². The fourth-order valence-electron chi connectivity index (χ4n) is 7.68. The highest BCUT2D eigenvalue weighted by Crippen LogP contribution is 2.54. The lowest BCUT2D eigenvalue weighted by Gasteiger charge is -2.46. The minimum absolute atomic E-state index is 0.295. The van der Waals surface area contributed by atoms with Crippen molar-refractivity contribution in [3.05, 3.63) is 59.7 Å². The number of methoxy groups -OCH3 is 1. The summed E-state index contributed by atoms with van der Waals surface area (Å²) in [6.45, 7) is 6.68. The summed E-state index contributed by atoms with van der Waals surface area (Å²) in [5, 5.41) is 25.7. The van der Waals surface area contributed by atoms with Crippen molar-refractivity contribution >= 4 is 55.4 Å². The van der Waals surface area contributed by atoms with Crippen molar-refractivity contribution in [3.63, 3.8) is 0 Å². The maximum Gasteiger partial charge on any atom is 0.262 e. The Kier molecular flexibility index (Phi) is 5.60. The van der Waals surface area contributed by atoms with E-state index in [0.717, 1.165) is 45.9 Å². The van der Waals surface area contributed by atoms with Crippen LogP contribution in [0.4, 0.5) is 0 Å². The van der Waals surface area contributed by atoms with E-state index < -0.39 is 30.8 Å². The lowest BCUT2D eigenvalue weighted by Crippen LogP contribution is -2.54. The average Bonchev–Trinajstić information content (AvgIpc) is 3.60. The first kappa shape index (κ1) is 25.9. The summed E-state index contributed by atoms with van der Waals surface area (Å²) in [6, 6.07) is 14.8. The fourth-order valence-corrected chi connectivity index (χ4v) is 7.68. The van der Waals surface area contributed by atoms with Crippen molar-refractivity contribution in [3.8, 4) is 0 Å². The van der Waals surface area contributed by atoms with E-state index in [4.69, 9.17) is 9.47 Å². The number of carbonyl (C=O) groups excluding carboxylic acids is 2. The lowest BCUT2D eigenvalue weighted by molar-refractivity contribution is -0.287. The third kappa shape index (κ3) is 3.05. The molecule has 0 spiro atoms. The molecule has 2 aromatic heterocycles. The van der Waals surface area contributed by atoms with E-state index in [9.17, 15) is 19.8 Å². The second-order valence-corrected chi connectivity index (χ2v) is 11.4. The van der Waals surface area contributed by atoms with Crippen LogP contribution in [0.2, 0.25) is 0 Å². The van der Waals surface area contributed by atoms with Crippen LogP contribution in [-0.4, -0.2) is 92.7 Å². The van der Waals surface area contributed by atoms with Gasteiger partial charge in [-0.05, 0) is 25.2 Å². The predicted molar refractivity (Wildman–Crippen MR) is 158 cm³/mol. The van der Waals surface area contributed by atoms with Gasteiger partial charge in [0, 0.05) is 47.3 Å². The Labute approximate surface area is 241 Å². The number of aromatic nitrogens is 2. The van der Waals surface area contributed by atoms with Crippen LogP contribution in [0.3, 0.4) is 0 Å². The molecule has 5 atom stereocenters. The summed E-state index contributed by atoms with van der Waals surface area (Å²) < 4.78 is 15.8. The molecular weight excluding hydrogens is 536 g/mol. The molecule has 3 aliphatic rings. The second-order valence-electron chi connectivity index (χ2n) is 11.4. The molecule has 3 aromatic carbocycles. The van der Waals surface area contributed by atoms with Gasteiger partial charge in [-0.1, -0.05) is 50.2 Å². The molecule has 0 radical (unpaired) electrons. The van der Waals surface area contributed by atoms with E-state index in [1.165, 1.54) is 12.0 Å². The number of likely N-dealkylation sites (N-methyl/N-ethyl adjacent to an activating group) is 1. The Morgan fingerprint density at radius 3 is 1.98 bits per heavy atom. The highest BCUT2D eigenvalue weighted by Gasteiger charge is 2.52. The summed E-state index contributed by atoms with van der Waals surface area (Å²) >= 11 is 0. The van der Waals surface area contributed by atoms with Crippen molar-refractivity contribution in [1.82, 2.24) is 18.9 Å². The zero-order valence-electron chi connectivity index (χ0n) is 23.7. The molecule has 0 aliphatic carbocycles. The summed E-state index contributed by atoms with van der Waals surface area (Å²) in [5.74, 6) is -0.591. The predicted octanol–water partition coefficient (Wildman–Crippen LogP) is 3.62. The average molecular weight is 569 g/mol. The molecule has 0 bridgehead atoms. The van der Waals surface area contributed by atoms with Gasteiger partial charge in [-0.15, -0.1) is 0 Å². The molecule has 5 unspecified atom stereocenters. The van der Waals surface area contributed by atoms with E-state index in [2.05, 4.69) is 18.7 Å². The maximum absolute atomic E-state index is 14.3. The largest absolute Gasteiger partial charge is 0.388 e. The van der Waals surface area contributed by atoms with E-state index in [-0.39, 0.29) is 11.8 Å². The Bertz CT molecular complexity index is 1960. The minimum atomic E-state index is -1.37. The third-order valence-corrected chi connectivity index (χ3v) is 9.61. The third-order valence-electron chi connectivity index (χ3n) is 9.61. The van der Waals surface area contributed by atoms with Gasteiger partial charge in [0.05, 0.1) is 27.7 Å². The van der Waals surface area contributed by atoms with Crippen molar-refractivity contribution in [2.45, 2.75) is 44.6 Å². The lowest BCUT2D eigenvalue weighted by atomic mass is 9.94. The smallest absolute Gasteiger partial charge is 0.262 e. The molecule has 0 saturated carbocycles. The number of carbonyl (C=O) groups is 2. The van der Waals surface area contributed by atoms with Crippen LogP contribution in [0.1, 0.15) is 46.8 Å².